The maximum absolute atomic E-state index is 6.33. The zero-order valence-corrected chi connectivity index (χ0v) is 20.9. The van der Waals surface area contributed by atoms with E-state index in [1.54, 1.807) is 14.2 Å². The lowest BCUT2D eigenvalue weighted by Crippen LogP contribution is -2.62. The molecule has 0 saturated heterocycles. The fourth-order valence-electron chi connectivity index (χ4n) is 2.48. The van der Waals surface area contributed by atoms with Crippen LogP contribution in [0.3, 0.4) is 0 Å². The minimum Gasteiger partial charge on any atom is -0.489 e. The molecule has 3 rings (SSSR count). The normalized spacial score (nSPS) is 11.3. The van der Waals surface area contributed by atoms with E-state index >= 15 is 0 Å². The smallest absolute Gasteiger partial charge is 0.489 e. The Labute approximate surface area is 188 Å². The third-order valence-corrected chi connectivity index (χ3v) is 9.12. The fourth-order valence-corrected chi connectivity index (χ4v) is 5.09. The number of para-hydroxylation sites is 2. The topological polar surface area (TPSA) is 46.2 Å². The van der Waals surface area contributed by atoms with Crippen LogP contribution in [-0.2, 0) is 13.3 Å². The Morgan fingerprint density at radius 2 is 1.00 bits per heavy atom. The molecule has 0 spiro atoms. The zero-order valence-electron chi connectivity index (χ0n) is 18.9. The van der Waals surface area contributed by atoms with E-state index in [-0.39, 0.29) is 0 Å². The lowest BCUT2D eigenvalue weighted by atomic mass is 10.3. The summed E-state index contributed by atoms with van der Waals surface area (Å²) >= 11 is 0. The van der Waals surface area contributed by atoms with Crippen molar-refractivity contribution in [2.24, 2.45) is 0 Å². The van der Waals surface area contributed by atoms with Gasteiger partial charge in [0.2, 0.25) is 0 Å². The van der Waals surface area contributed by atoms with Crippen molar-refractivity contribution in [2.75, 3.05) is 20.8 Å². The third-order valence-electron chi connectivity index (χ3n) is 4.44. The van der Waals surface area contributed by atoms with Crippen LogP contribution in [0, 0.1) is 0 Å². The summed E-state index contributed by atoms with van der Waals surface area (Å²) in [5.41, 5.74) is 0. The molecule has 0 aliphatic rings. The van der Waals surface area contributed by atoms with E-state index in [0.29, 0.717) is 6.61 Å². The van der Waals surface area contributed by atoms with E-state index in [4.69, 9.17) is 22.1 Å². The summed E-state index contributed by atoms with van der Waals surface area (Å²) in [6.07, 6.45) is 0. The molecule has 3 aromatic rings. The van der Waals surface area contributed by atoms with E-state index in [1.807, 2.05) is 111 Å². The molecule has 0 radical (unpaired) electrons. The highest BCUT2D eigenvalue weighted by Gasteiger charge is 2.49. The first-order valence-electron chi connectivity index (χ1n) is 10.2. The Bertz CT molecular complexity index is 813. The molecule has 0 N–H and O–H groups in total. The largest absolute Gasteiger partial charge is 0.669 e. The summed E-state index contributed by atoms with van der Waals surface area (Å²) in [7, 11) is -1.45. The van der Waals surface area contributed by atoms with Crippen LogP contribution in [0.4, 0.5) is 0 Å². The average Bonchev–Trinajstić information content (AvgIpc) is 2.81. The Hall–Kier alpha value is -2.43. The Balaban J connectivity index is 0.000000423. The lowest BCUT2D eigenvalue weighted by Gasteiger charge is -2.30. The van der Waals surface area contributed by atoms with Crippen molar-refractivity contribution in [3.05, 3.63) is 91.0 Å². The summed E-state index contributed by atoms with van der Waals surface area (Å²) in [6.45, 7) is 6.44. The molecule has 0 heterocycles. The summed E-state index contributed by atoms with van der Waals surface area (Å²) in [5, 5.41) is 0.930. The van der Waals surface area contributed by atoms with Crippen molar-refractivity contribution < 1.29 is 22.1 Å². The molecule has 3 aromatic carbocycles. The van der Waals surface area contributed by atoms with E-state index < -0.39 is 17.4 Å². The SMILES string of the molecule is CCO[Si](Oc1ccccc1)(Oc1ccccc1)c1ccccc1.CO[Si](C)(C)OC. The highest BCUT2D eigenvalue weighted by atomic mass is 28.4. The van der Waals surface area contributed by atoms with E-state index in [2.05, 4.69) is 0 Å². The highest BCUT2D eigenvalue weighted by Crippen LogP contribution is 2.21. The van der Waals surface area contributed by atoms with Gasteiger partial charge in [-0.3, -0.25) is 0 Å². The van der Waals surface area contributed by atoms with Gasteiger partial charge in [0.1, 0.15) is 11.5 Å². The number of rotatable bonds is 9. The molecule has 0 atom stereocenters. The van der Waals surface area contributed by atoms with Gasteiger partial charge in [-0.15, -0.1) is 0 Å². The van der Waals surface area contributed by atoms with E-state index in [9.17, 15) is 0 Å². The maximum Gasteiger partial charge on any atom is 0.669 e. The first-order valence-corrected chi connectivity index (χ1v) is 14.8. The number of benzene rings is 3. The van der Waals surface area contributed by atoms with E-state index in [1.165, 1.54) is 0 Å². The van der Waals surface area contributed by atoms with Gasteiger partial charge in [-0.05, 0) is 44.3 Å². The van der Waals surface area contributed by atoms with Crippen LogP contribution in [0.2, 0.25) is 13.1 Å². The van der Waals surface area contributed by atoms with Gasteiger partial charge in [0, 0.05) is 26.0 Å². The molecule has 31 heavy (non-hydrogen) atoms. The molecule has 0 saturated carbocycles. The van der Waals surface area contributed by atoms with Crippen LogP contribution >= 0.6 is 0 Å². The van der Waals surface area contributed by atoms with Gasteiger partial charge in [-0.2, -0.15) is 0 Å². The highest BCUT2D eigenvalue weighted by molar-refractivity contribution is 6.76. The quantitative estimate of drug-likeness (QED) is 0.424. The van der Waals surface area contributed by atoms with Gasteiger partial charge >= 0.3 is 17.4 Å². The minimum atomic E-state index is -3.15. The molecule has 5 nitrogen and oxygen atoms in total. The van der Waals surface area contributed by atoms with Crippen molar-refractivity contribution in [3.63, 3.8) is 0 Å². The van der Waals surface area contributed by atoms with Crippen LogP contribution < -0.4 is 14.0 Å². The van der Waals surface area contributed by atoms with Crippen molar-refractivity contribution in [2.45, 2.75) is 20.0 Å². The van der Waals surface area contributed by atoms with Crippen molar-refractivity contribution in [1.82, 2.24) is 0 Å². The van der Waals surface area contributed by atoms with Crippen LogP contribution in [0.5, 0.6) is 11.5 Å². The molecule has 0 fully saturated rings. The predicted molar refractivity (Wildman–Crippen MR) is 129 cm³/mol. The minimum absolute atomic E-state index is 0.501. The molecule has 0 aliphatic carbocycles. The first kappa shape index (κ1) is 24.8. The van der Waals surface area contributed by atoms with Crippen molar-refractivity contribution in [1.29, 1.82) is 0 Å². The van der Waals surface area contributed by atoms with Crippen LogP contribution in [0.25, 0.3) is 0 Å². The second-order valence-electron chi connectivity index (χ2n) is 6.99. The zero-order chi connectivity index (χ0) is 22.6. The lowest BCUT2D eigenvalue weighted by molar-refractivity contribution is 0.190. The third kappa shape index (κ3) is 7.97. The van der Waals surface area contributed by atoms with Crippen LogP contribution in [0.15, 0.2) is 91.0 Å². The molecule has 0 bridgehead atoms. The predicted octanol–water partition coefficient (Wildman–Crippen LogP) is 5.01. The van der Waals surface area contributed by atoms with Crippen LogP contribution in [-0.4, -0.2) is 38.2 Å². The molecule has 7 heteroatoms. The molecule has 0 unspecified atom stereocenters. The van der Waals surface area contributed by atoms with Crippen molar-refractivity contribution in [3.8, 4) is 11.5 Å². The summed E-state index contributed by atoms with van der Waals surface area (Å²) in [6, 6.07) is 29.2. The Morgan fingerprint density at radius 1 is 0.613 bits per heavy atom. The summed E-state index contributed by atoms with van der Waals surface area (Å²) in [4.78, 5) is 0. The monoisotopic (exact) mass is 456 g/mol. The number of hydrogen-bond acceptors (Lipinski definition) is 5. The van der Waals surface area contributed by atoms with Crippen molar-refractivity contribution >= 4 is 22.6 Å². The summed E-state index contributed by atoms with van der Waals surface area (Å²) in [5.74, 6) is 1.47. The Morgan fingerprint density at radius 3 is 1.32 bits per heavy atom. The molecule has 0 aliphatic heterocycles. The molecular formula is C24H32O5Si2. The molecule has 0 amide bonds. The fraction of sp³-hybridized carbons (Fsp3) is 0.250. The number of hydrogen-bond donors (Lipinski definition) is 0. The van der Waals surface area contributed by atoms with Gasteiger partial charge in [0.05, 0.1) is 0 Å². The van der Waals surface area contributed by atoms with Gasteiger partial charge < -0.3 is 22.1 Å². The van der Waals surface area contributed by atoms with Gasteiger partial charge in [-0.25, -0.2) is 0 Å². The second kappa shape index (κ2) is 12.4. The summed E-state index contributed by atoms with van der Waals surface area (Å²) < 4.78 is 28.8. The second-order valence-corrected chi connectivity index (χ2v) is 13.0. The first-order chi connectivity index (χ1) is 14.9. The standard InChI is InChI=1S/C20H20O3Si.C4H12O2Si/c1-2-21-24(20-16-10-5-11-17-20,22-18-12-6-3-7-13-18)23-19-14-8-4-9-15-19;1-5-7(3,4)6-2/h3-17H,2H2,1H3;1-4H3. The molecule has 166 valence electrons. The molecule has 0 aromatic heterocycles. The Kier molecular flexibility index (Phi) is 9.96. The van der Waals surface area contributed by atoms with Gasteiger partial charge in [-0.1, -0.05) is 66.7 Å². The van der Waals surface area contributed by atoms with Gasteiger partial charge in [0.15, 0.2) is 0 Å². The maximum atomic E-state index is 6.33. The van der Waals surface area contributed by atoms with Gasteiger partial charge in [0.25, 0.3) is 0 Å². The van der Waals surface area contributed by atoms with Crippen LogP contribution in [0.1, 0.15) is 6.92 Å². The van der Waals surface area contributed by atoms with E-state index in [0.717, 1.165) is 16.7 Å². The molecular weight excluding hydrogens is 424 g/mol. The average molecular weight is 457 g/mol.